The second-order valence-corrected chi connectivity index (χ2v) is 12.5. The van der Waals surface area contributed by atoms with Crippen LogP contribution in [0.25, 0.3) is 28.0 Å². The van der Waals surface area contributed by atoms with Crippen molar-refractivity contribution in [1.82, 2.24) is 25.2 Å². The summed E-state index contributed by atoms with van der Waals surface area (Å²) in [5.41, 5.74) is 15.0. The summed E-state index contributed by atoms with van der Waals surface area (Å²) in [4.78, 5) is 20.4. The average Bonchev–Trinajstić information content (AvgIpc) is 3.41. The lowest BCUT2D eigenvalue weighted by atomic mass is 9.90. The standard InChI is InChI=1S/C34H42ClFN8O/c1-3-6-24(41-33(38)39)18-25-9-5-10-29(40-25)22-11-13-26(14-12-22)44-19-23-17-30(42-32(23)43-34(44)45)27-15-21(8-4-7-20(2)37)16-28(35)31(27)36/h3,11-17,19-20,24-25,29,40H,1,4-10,18,37H2,2H3,(H4,38,39,41)(H,42,43,45)/t20-,24+,25-,29-/m0/s1. The van der Waals surface area contributed by atoms with E-state index >= 15 is 4.39 Å². The quantitative estimate of drug-likeness (QED) is 0.0656. The first kappa shape index (κ1) is 32.4. The Morgan fingerprint density at radius 1 is 1.29 bits per heavy atom. The first-order chi connectivity index (χ1) is 21.6. The minimum Gasteiger partial charge on any atom is -0.370 e. The number of guanidine groups is 1. The molecule has 1 saturated heterocycles. The molecule has 9 nitrogen and oxygen atoms in total. The van der Waals surface area contributed by atoms with E-state index in [1.54, 1.807) is 24.4 Å². The summed E-state index contributed by atoms with van der Waals surface area (Å²) in [5, 5.41) is 15.1. The number of rotatable bonds is 12. The van der Waals surface area contributed by atoms with Crippen LogP contribution < -0.4 is 27.8 Å². The van der Waals surface area contributed by atoms with Crippen LogP contribution in [0.4, 0.5) is 4.39 Å². The molecular formula is C34H42ClFN8O. The van der Waals surface area contributed by atoms with Gasteiger partial charge in [0.15, 0.2) is 11.8 Å². The van der Waals surface area contributed by atoms with Gasteiger partial charge in [0.1, 0.15) is 5.65 Å². The smallest absolute Gasteiger partial charge is 0.354 e. The molecule has 2 aromatic carbocycles. The van der Waals surface area contributed by atoms with Gasteiger partial charge >= 0.3 is 5.69 Å². The highest BCUT2D eigenvalue weighted by molar-refractivity contribution is 6.31. The molecule has 0 saturated carbocycles. The van der Waals surface area contributed by atoms with Gasteiger partial charge in [0.2, 0.25) is 0 Å². The molecular weight excluding hydrogens is 591 g/mol. The van der Waals surface area contributed by atoms with Crippen LogP contribution in [-0.2, 0) is 6.42 Å². The first-order valence-electron chi connectivity index (χ1n) is 15.6. The summed E-state index contributed by atoms with van der Waals surface area (Å²) < 4.78 is 16.6. The number of hydrogen-bond acceptors (Lipinski definition) is 5. The fourth-order valence-electron chi connectivity index (χ4n) is 6.25. The second-order valence-electron chi connectivity index (χ2n) is 12.1. The van der Waals surface area contributed by atoms with Crippen molar-refractivity contribution in [2.24, 2.45) is 11.5 Å². The number of nitrogens with two attached hydrogens (primary N) is 2. The second kappa shape index (κ2) is 14.4. The van der Waals surface area contributed by atoms with Gasteiger partial charge in [0.25, 0.3) is 0 Å². The molecule has 8 N–H and O–H groups in total. The molecule has 2 aromatic heterocycles. The fraction of sp³-hybridized carbons (Fsp3) is 0.382. The Morgan fingerprint density at radius 3 is 2.78 bits per heavy atom. The number of aromatic amines is 1. The summed E-state index contributed by atoms with van der Waals surface area (Å²) in [6.07, 6.45) is 10.8. The lowest BCUT2D eigenvalue weighted by Crippen LogP contribution is -2.45. The minimum atomic E-state index is -0.519. The highest BCUT2D eigenvalue weighted by atomic mass is 35.5. The van der Waals surface area contributed by atoms with E-state index in [0.717, 1.165) is 62.5 Å². The molecule has 4 atom stereocenters. The first-order valence-corrected chi connectivity index (χ1v) is 15.9. The molecule has 1 aliphatic rings. The fourth-order valence-corrected chi connectivity index (χ4v) is 6.49. The van der Waals surface area contributed by atoms with E-state index in [1.807, 2.05) is 37.3 Å². The number of aromatic nitrogens is 3. The van der Waals surface area contributed by atoms with Crippen LogP contribution in [-0.4, -0.2) is 38.6 Å². The maximum atomic E-state index is 15.1. The third kappa shape index (κ3) is 8.00. The normalized spacial score (nSPS) is 18.0. The van der Waals surface area contributed by atoms with Crippen molar-refractivity contribution in [3.05, 3.63) is 93.8 Å². The largest absolute Gasteiger partial charge is 0.370 e. The maximum absolute atomic E-state index is 15.1. The molecule has 1 fully saturated rings. The number of aryl methyl sites for hydroxylation is 1. The molecule has 0 spiro atoms. The van der Waals surface area contributed by atoms with Crippen molar-refractivity contribution in [1.29, 1.82) is 5.41 Å². The van der Waals surface area contributed by atoms with Gasteiger partial charge in [-0.1, -0.05) is 36.2 Å². The van der Waals surface area contributed by atoms with Gasteiger partial charge in [-0.3, -0.25) is 9.98 Å². The zero-order chi connectivity index (χ0) is 32.1. The number of nitrogens with zero attached hydrogens (tertiary/aromatic N) is 2. The van der Waals surface area contributed by atoms with Crippen LogP contribution in [0.1, 0.15) is 69.0 Å². The van der Waals surface area contributed by atoms with Gasteiger partial charge in [-0.05, 0) is 93.3 Å². The maximum Gasteiger partial charge on any atom is 0.354 e. The third-order valence-corrected chi connectivity index (χ3v) is 8.72. The highest BCUT2D eigenvalue weighted by Gasteiger charge is 2.25. The molecule has 0 bridgehead atoms. The molecule has 5 rings (SSSR count). The Morgan fingerprint density at radius 2 is 2.07 bits per heavy atom. The molecule has 0 aliphatic carbocycles. The van der Waals surface area contributed by atoms with Gasteiger partial charge in [0, 0.05) is 41.3 Å². The predicted octanol–water partition coefficient (Wildman–Crippen LogP) is 5.84. The predicted molar refractivity (Wildman–Crippen MR) is 180 cm³/mol. The molecule has 4 aromatic rings. The molecule has 0 radical (unpaired) electrons. The molecule has 3 heterocycles. The zero-order valence-corrected chi connectivity index (χ0v) is 26.3. The van der Waals surface area contributed by atoms with Gasteiger partial charge in [-0.25, -0.2) is 9.18 Å². The van der Waals surface area contributed by atoms with Crippen molar-refractivity contribution in [3.63, 3.8) is 0 Å². The van der Waals surface area contributed by atoms with Gasteiger partial charge in [0.05, 0.1) is 16.4 Å². The number of fused-ring (bicyclic) bond motifs is 1. The Kier molecular flexibility index (Phi) is 10.4. The third-order valence-electron chi connectivity index (χ3n) is 8.45. The SMILES string of the molecule is C=CC[C@H](C[C@@H]1CCC[C@@H](c2ccc(-n3cc4cc(-c5cc(CCC[C@H](C)N)cc(Cl)c5F)[nH]c4nc3=O)cc2)N1)NC(=N)N. The van der Waals surface area contributed by atoms with E-state index in [-0.39, 0.29) is 35.1 Å². The van der Waals surface area contributed by atoms with Crippen LogP contribution in [0.2, 0.25) is 5.02 Å². The van der Waals surface area contributed by atoms with Crippen LogP contribution in [0.3, 0.4) is 0 Å². The zero-order valence-electron chi connectivity index (χ0n) is 25.6. The summed E-state index contributed by atoms with van der Waals surface area (Å²) >= 11 is 6.26. The summed E-state index contributed by atoms with van der Waals surface area (Å²) in [5.74, 6) is -0.548. The minimum absolute atomic E-state index is 0.0295. The number of halogens is 2. The van der Waals surface area contributed by atoms with Crippen LogP contribution >= 0.6 is 11.6 Å². The van der Waals surface area contributed by atoms with Crippen LogP contribution in [0.15, 0.2) is 66.1 Å². The van der Waals surface area contributed by atoms with Gasteiger partial charge in [-0.2, -0.15) is 4.98 Å². The number of H-pyrrole nitrogens is 1. The molecule has 11 heteroatoms. The molecule has 238 valence electrons. The number of hydrogen-bond donors (Lipinski definition) is 6. The Balaban J connectivity index is 1.34. The number of nitrogens with one attached hydrogen (secondary N) is 4. The Hall–Kier alpha value is -3.99. The van der Waals surface area contributed by atoms with Crippen LogP contribution in [0.5, 0.6) is 0 Å². The topological polar surface area (TPSA) is 151 Å². The van der Waals surface area contributed by atoms with E-state index in [4.69, 9.17) is 28.5 Å². The molecule has 0 amide bonds. The Labute approximate surface area is 267 Å². The number of benzene rings is 2. The van der Waals surface area contributed by atoms with E-state index in [1.165, 1.54) is 4.57 Å². The van der Waals surface area contributed by atoms with Crippen molar-refractivity contribution in [2.45, 2.75) is 82.5 Å². The lowest BCUT2D eigenvalue weighted by molar-refractivity contribution is 0.293. The lowest BCUT2D eigenvalue weighted by Gasteiger charge is -2.33. The van der Waals surface area contributed by atoms with Gasteiger partial charge in [-0.15, -0.1) is 6.58 Å². The van der Waals surface area contributed by atoms with E-state index in [2.05, 4.69) is 27.2 Å². The van der Waals surface area contributed by atoms with Crippen molar-refractivity contribution in [3.8, 4) is 16.9 Å². The van der Waals surface area contributed by atoms with Crippen molar-refractivity contribution >= 4 is 28.6 Å². The summed E-state index contributed by atoms with van der Waals surface area (Å²) in [6.45, 7) is 5.80. The van der Waals surface area contributed by atoms with E-state index in [9.17, 15) is 4.79 Å². The average molecular weight is 633 g/mol. The van der Waals surface area contributed by atoms with Crippen molar-refractivity contribution in [2.75, 3.05) is 0 Å². The monoisotopic (exact) mass is 632 g/mol. The summed E-state index contributed by atoms with van der Waals surface area (Å²) in [7, 11) is 0. The number of piperidine rings is 1. The van der Waals surface area contributed by atoms with Crippen molar-refractivity contribution < 1.29 is 4.39 Å². The van der Waals surface area contributed by atoms with Crippen LogP contribution in [0, 0.1) is 11.2 Å². The Bertz CT molecular complexity index is 1710. The molecule has 0 unspecified atom stereocenters. The highest BCUT2D eigenvalue weighted by Crippen LogP contribution is 2.32. The van der Waals surface area contributed by atoms with E-state index < -0.39 is 11.5 Å². The summed E-state index contributed by atoms with van der Waals surface area (Å²) in [6, 6.07) is 13.8. The molecule has 1 aliphatic heterocycles. The van der Waals surface area contributed by atoms with Gasteiger partial charge < -0.3 is 27.1 Å². The molecule has 45 heavy (non-hydrogen) atoms. The van der Waals surface area contributed by atoms with E-state index in [0.29, 0.717) is 28.0 Å².